The van der Waals surface area contributed by atoms with Gasteiger partial charge in [-0.25, -0.2) is 4.90 Å². The number of carbonyl (C=O) groups excluding carboxylic acids is 4. The predicted molar refractivity (Wildman–Crippen MR) is 69.6 cm³/mol. The maximum Gasteiger partial charge on any atom is 0.264 e. The van der Waals surface area contributed by atoms with Crippen molar-refractivity contribution in [2.75, 3.05) is 6.54 Å². The second-order valence-corrected chi connectivity index (χ2v) is 5.28. The van der Waals surface area contributed by atoms with Gasteiger partial charge in [0, 0.05) is 4.47 Å². The lowest BCUT2D eigenvalue weighted by molar-refractivity contribution is -0.136. The Morgan fingerprint density at radius 1 is 1.10 bits per heavy atom. The molecule has 0 saturated carbocycles. The number of hydrogen-bond donors (Lipinski definition) is 2. The van der Waals surface area contributed by atoms with Gasteiger partial charge in [-0.15, -0.1) is 0 Å². The van der Waals surface area contributed by atoms with Gasteiger partial charge in [-0.2, -0.15) is 0 Å². The summed E-state index contributed by atoms with van der Waals surface area (Å²) in [6, 6.07) is 4.69. The molecule has 0 aliphatic carbocycles. The molecule has 0 bridgehead atoms. The summed E-state index contributed by atoms with van der Waals surface area (Å²) in [5.41, 5.74) is 0.473. The average Bonchev–Trinajstić information content (AvgIpc) is 2.63. The lowest BCUT2D eigenvalue weighted by Gasteiger charge is -2.28. The van der Waals surface area contributed by atoms with E-state index in [4.69, 9.17) is 0 Å². The molecule has 0 spiro atoms. The van der Waals surface area contributed by atoms with Crippen LogP contribution in [0.15, 0.2) is 22.7 Å². The van der Waals surface area contributed by atoms with E-state index in [1.165, 1.54) is 12.1 Å². The highest BCUT2D eigenvalue weighted by atomic mass is 79.9. The van der Waals surface area contributed by atoms with Gasteiger partial charge in [0.2, 0.25) is 5.91 Å². The van der Waals surface area contributed by atoms with Crippen LogP contribution in [0.1, 0.15) is 20.7 Å². The molecule has 1 fully saturated rings. The van der Waals surface area contributed by atoms with Crippen molar-refractivity contribution in [2.24, 2.45) is 0 Å². The Kier molecular flexibility index (Phi) is 2.91. The maximum absolute atomic E-state index is 12.3. The molecule has 1 aromatic rings. The third kappa shape index (κ3) is 1.84. The highest BCUT2D eigenvalue weighted by Crippen LogP contribution is 2.27. The Balaban J connectivity index is 1.97. The zero-order chi connectivity index (χ0) is 14.4. The predicted octanol–water partition coefficient (Wildman–Crippen LogP) is -0.383. The van der Waals surface area contributed by atoms with Gasteiger partial charge in [0.1, 0.15) is 0 Å². The molecule has 7 nitrogen and oxygen atoms in total. The van der Waals surface area contributed by atoms with E-state index in [0.717, 1.165) is 4.90 Å². The van der Waals surface area contributed by atoms with Crippen LogP contribution >= 0.6 is 15.9 Å². The van der Waals surface area contributed by atoms with Crippen LogP contribution in [0, 0.1) is 0 Å². The van der Waals surface area contributed by atoms with E-state index >= 15 is 0 Å². The van der Waals surface area contributed by atoms with Crippen LogP contribution in [-0.4, -0.2) is 41.2 Å². The van der Waals surface area contributed by atoms with E-state index in [-0.39, 0.29) is 17.7 Å². The Morgan fingerprint density at radius 2 is 1.80 bits per heavy atom. The number of nitrogens with one attached hydrogen (secondary N) is 2. The fraction of sp³-hybridized carbons (Fsp3) is 0.167. The van der Waals surface area contributed by atoms with Crippen LogP contribution in [0.4, 0.5) is 0 Å². The number of hydrogen-bond acceptors (Lipinski definition) is 5. The number of halogens is 1. The van der Waals surface area contributed by atoms with Crippen molar-refractivity contribution in [3.63, 3.8) is 0 Å². The SMILES string of the molecule is O=C1CNC(N2C(=O)c3ccc(Br)cc3C2=O)C(=O)N1. The highest BCUT2D eigenvalue weighted by molar-refractivity contribution is 9.10. The quantitative estimate of drug-likeness (QED) is 0.681. The third-order valence-corrected chi connectivity index (χ3v) is 3.60. The minimum absolute atomic E-state index is 0.131. The summed E-state index contributed by atoms with van der Waals surface area (Å²) in [5.74, 6) is -2.33. The van der Waals surface area contributed by atoms with Crippen LogP contribution < -0.4 is 10.6 Å². The van der Waals surface area contributed by atoms with Crippen LogP contribution in [-0.2, 0) is 9.59 Å². The van der Waals surface area contributed by atoms with Gasteiger partial charge in [0.05, 0.1) is 17.7 Å². The number of benzene rings is 1. The smallest absolute Gasteiger partial charge is 0.264 e. The van der Waals surface area contributed by atoms with E-state index in [2.05, 4.69) is 26.6 Å². The second-order valence-electron chi connectivity index (χ2n) is 4.37. The van der Waals surface area contributed by atoms with E-state index in [9.17, 15) is 19.2 Å². The number of rotatable bonds is 1. The summed E-state index contributed by atoms with van der Waals surface area (Å²) < 4.78 is 0.662. The topological polar surface area (TPSA) is 95.6 Å². The van der Waals surface area contributed by atoms with E-state index in [1.807, 2.05) is 0 Å². The summed E-state index contributed by atoms with van der Waals surface area (Å²) >= 11 is 3.23. The number of amides is 4. The fourth-order valence-corrected chi connectivity index (χ4v) is 2.57. The fourth-order valence-electron chi connectivity index (χ4n) is 2.21. The van der Waals surface area contributed by atoms with Gasteiger partial charge in [-0.3, -0.25) is 29.8 Å². The molecular formula is C12H8BrN3O4. The molecule has 0 aromatic heterocycles. The average molecular weight is 338 g/mol. The van der Waals surface area contributed by atoms with Gasteiger partial charge in [0.25, 0.3) is 17.7 Å². The molecule has 0 radical (unpaired) electrons. The first-order chi connectivity index (χ1) is 9.49. The van der Waals surface area contributed by atoms with Crippen LogP contribution in [0.2, 0.25) is 0 Å². The minimum Gasteiger partial charge on any atom is -0.292 e. The van der Waals surface area contributed by atoms with Crippen molar-refractivity contribution in [3.05, 3.63) is 33.8 Å². The van der Waals surface area contributed by atoms with E-state index in [1.54, 1.807) is 6.07 Å². The van der Waals surface area contributed by atoms with Gasteiger partial charge < -0.3 is 0 Å². The van der Waals surface area contributed by atoms with Crippen LogP contribution in [0.25, 0.3) is 0 Å². The Bertz CT molecular complexity index is 673. The summed E-state index contributed by atoms with van der Waals surface area (Å²) in [6.07, 6.45) is -1.17. The normalized spacial score (nSPS) is 22.1. The summed E-state index contributed by atoms with van der Waals surface area (Å²) in [7, 11) is 0. The molecule has 1 atom stereocenters. The van der Waals surface area contributed by atoms with Crippen molar-refractivity contribution >= 4 is 39.6 Å². The minimum atomic E-state index is -1.17. The molecule has 8 heteroatoms. The molecule has 4 amide bonds. The molecule has 1 aromatic carbocycles. The standard InChI is InChI=1S/C12H8BrN3O4/c13-5-1-2-6-7(3-5)12(20)16(11(6)19)9-10(18)15-8(17)4-14-9/h1-3,9,14H,4H2,(H,15,17,18). The van der Waals surface area contributed by atoms with Gasteiger partial charge >= 0.3 is 0 Å². The summed E-state index contributed by atoms with van der Waals surface area (Å²) in [5, 5.41) is 4.67. The van der Waals surface area contributed by atoms with Crippen molar-refractivity contribution in [2.45, 2.75) is 6.17 Å². The Labute approximate surface area is 121 Å². The molecule has 2 N–H and O–H groups in total. The maximum atomic E-state index is 12.3. The molecule has 2 heterocycles. The number of nitrogens with zero attached hydrogens (tertiary/aromatic N) is 1. The second kappa shape index (κ2) is 4.50. The van der Waals surface area contributed by atoms with Crippen LogP contribution in [0.3, 0.4) is 0 Å². The number of carbonyl (C=O) groups is 4. The zero-order valence-corrected chi connectivity index (χ0v) is 11.6. The Morgan fingerprint density at radius 3 is 2.50 bits per heavy atom. The van der Waals surface area contributed by atoms with Crippen molar-refractivity contribution in [1.29, 1.82) is 0 Å². The zero-order valence-electron chi connectivity index (χ0n) is 9.97. The molecule has 102 valence electrons. The molecule has 20 heavy (non-hydrogen) atoms. The third-order valence-electron chi connectivity index (χ3n) is 3.11. The highest BCUT2D eigenvalue weighted by Gasteiger charge is 2.44. The largest absolute Gasteiger partial charge is 0.292 e. The molecule has 1 unspecified atom stereocenters. The first-order valence-corrected chi connectivity index (χ1v) is 6.53. The molecule has 2 aliphatic rings. The number of piperazine rings is 1. The van der Waals surface area contributed by atoms with Gasteiger partial charge in [0.15, 0.2) is 6.17 Å². The number of fused-ring (bicyclic) bond motifs is 1. The van der Waals surface area contributed by atoms with Crippen LogP contribution in [0.5, 0.6) is 0 Å². The summed E-state index contributed by atoms with van der Waals surface area (Å²) in [4.78, 5) is 48.1. The Hall–Kier alpha value is -2.06. The van der Waals surface area contributed by atoms with Crippen molar-refractivity contribution < 1.29 is 19.2 Å². The van der Waals surface area contributed by atoms with E-state index in [0.29, 0.717) is 4.47 Å². The monoisotopic (exact) mass is 337 g/mol. The number of imide groups is 2. The molecule has 3 rings (SSSR count). The first kappa shape index (κ1) is 12.9. The summed E-state index contributed by atoms with van der Waals surface area (Å²) in [6.45, 7) is -0.131. The molecular weight excluding hydrogens is 330 g/mol. The lowest BCUT2D eigenvalue weighted by Crippen LogP contribution is -2.64. The van der Waals surface area contributed by atoms with E-state index < -0.39 is 29.8 Å². The first-order valence-electron chi connectivity index (χ1n) is 5.73. The van der Waals surface area contributed by atoms with Crippen molar-refractivity contribution in [1.82, 2.24) is 15.5 Å². The lowest BCUT2D eigenvalue weighted by atomic mass is 10.1. The molecule has 2 aliphatic heterocycles. The van der Waals surface area contributed by atoms with Crippen molar-refractivity contribution in [3.8, 4) is 0 Å². The molecule has 1 saturated heterocycles. The van der Waals surface area contributed by atoms with Gasteiger partial charge in [-0.05, 0) is 18.2 Å². The van der Waals surface area contributed by atoms with Gasteiger partial charge in [-0.1, -0.05) is 15.9 Å².